The van der Waals surface area contributed by atoms with Crippen LogP contribution in [0.4, 0.5) is 0 Å². The molecule has 1 heterocycles. The molecule has 1 amide bonds. The van der Waals surface area contributed by atoms with E-state index in [0.717, 1.165) is 30.5 Å². The number of amides is 1. The lowest BCUT2D eigenvalue weighted by Crippen LogP contribution is -2.46. The van der Waals surface area contributed by atoms with Crippen molar-refractivity contribution in [3.05, 3.63) is 34.3 Å². The zero-order valence-corrected chi connectivity index (χ0v) is 16.4. The van der Waals surface area contributed by atoms with Crippen LogP contribution >= 0.6 is 28.3 Å². The second-order valence-corrected chi connectivity index (χ2v) is 6.76. The van der Waals surface area contributed by atoms with Gasteiger partial charge in [-0.3, -0.25) is 4.79 Å². The van der Waals surface area contributed by atoms with Crippen molar-refractivity contribution in [1.82, 2.24) is 10.6 Å². The Hall–Kier alpha value is -0.660. The molecule has 0 bridgehead atoms. The van der Waals surface area contributed by atoms with Crippen molar-refractivity contribution >= 4 is 34.2 Å². The average Bonchev–Trinajstić information content (AvgIpc) is 2.58. The topological polar surface area (TPSA) is 59.6 Å². The summed E-state index contributed by atoms with van der Waals surface area (Å²) in [6.07, 6.45) is 1.85. The molecule has 0 radical (unpaired) electrons. The van der Waals surface area contributed by atoms with E-state index in [1.165, 1.54) is 5.56 Å². The van der Waals surface area contributed by atoms with Crippen molar-refractivity contribution in [2.75, 3.05) is 46.6 Å². The monoisotopic (exact) mass is 420 g/mol. The predicted molar refractivity (Wildman–Crippen MR) is 101 cm³/mol. The number of carbonyl (C=O) groups excluding carboxylic acids is 1. The lowest BCUT2D eigenvalue weighted by Gasteiger charge is -2.38. The van der Waals surface area contributed by atoms with E-state index in [4.69, 9.17) is 9.47 Å². The van der Waals surface area contributed by atoms with Gasteiger partial charge in [-0.1, -0.05) is 28.1 Å². The standard InChI is InChI=1S/C17H25BrN2O3.ClH/c1-22-11-8-19-12-16(21)20-13-17(6-9-23-10-7-17)14-2-4-15(18)5-3-14;/h2-5,19H,6-13H2,1H3,(H,20,21);1H. The van der Waals surface area contributed by atoms with Crippen LogP contribution in [0.1, 0.15) is 18.4 Å². The molecule has 0 unspecified atom stereocenters. The first kappa shape index (κ1) is 21.4. The summed E-state index contributed by atoms with van der Waals surface area (Å²) in [6, 6.07) is 8.39. The van der Waals surface area contributed by atoms with Gasteiger partial charge in [0.25, 0.3) is 0 Å². The Morgan fingerprint density at radius 2 is 1.96 bits per heavy atom. The fourth-order valence-corrected chi connectivity index (χ4v) is 3.10. The summed E-state index contributed by atoms with van der Waals surface area (Å²) in [7, 11) is 1.65. The van der Waals surface area contributed by atoms with Gasteiger partial charge in [0, 0.05) is 43.3 Å². The van der Waals surface area contributed by atoms with Gasteiger partial charge in [0.2, 0.25) is 5.91 Å². The first-order chi connectivity index (χ1) is 11.2. The van der Waals surface area contributed by atoms with Gasteiger partial charge in [-0.2, -0.15) is 0 Å². The van der Waals surface area contributed by atoms with Crippen LogP contribution in [0.2, 0.25) is 0 Å². The molecule has 2 rings (SSSR count). The van der Waals surface area contributed by atoms with Crippen molar-refractivity contribution < 1.29 is 14.3 Å². The lowest BCUT2D eigenvalue weighted by atomic mass is 9.74. The largest absolute Gasteiger partial charge is 0.383 e. The molecule has 7 heteroatoms. The molecule has 1 aromatic rings. The van der Waals surface area contributed by atoms with Crippen molar-refractivity contribution in [2.45, 2.75) is 18.3 Å². The zero-order valence-electron chi connectivity index (χ0n) is 14.0. The van der Waals surface area contributed by atoms with Crippen LogP contribution in [0, 0.1) is 0 Å². The van der Waals surface area contributed by atoms with Crippen molar-refractivity contribution in [1.29, 1.82) is 0 Å². The Balaban J connectivity index is 0.00000288. The minimum atomic E-state index is -0.0405. The summed E-state index contributed by atoms with van der Waals surface area (Å²) in [5, 5.41) is 6.14. The van der Waals surface area contributed by atoms with Crippen LogP contribution in [0.15, 0.2) is 28.7 Å². The summed E-state index contributed by atoms with van der Waals surface area (Å²) in [5.74, 6) is 0.0177. The molecular weight excluding hydrogens is 396 g/mol. The fourth-order valence-electron chi connectivity index (χ4n) is 2.84. The van der Waals surface area contributed by atoms with Crippen molar-refractivity contribution in [3.63, 3.8) is 0 Å². The van der Waals surface area contributed by atoms with E-state index in [1.807, 2.05) is 0 Å². The molecule has 1 fully saturated rings. The third-order valence-corrected chi connectivity index (χ3v) is 4.83. The van der Waals surface area contributed by atoms with Gasteiger partial charge < -0.3 is 20.1 Å². The Morgan fingerprint density at radius 3 is 2.58 bits per heavy atom. The molecule has 2 N–H and O–H groups in total. The highest BCUT2D eigenvalue weighted by atomic mass is 79.9. The van der Waals surface area contributed by atoms with E-state index < -0.39 is 0 Å². The number of hydrogen-bond acceptors (Lipinski definition) is 4. The summed E-state index contributed by atoms with van der Waals surface area (Å²) in [5.41, 5.74) is 1.22. The molecule has 1 aromatic carbocycles. The van der Waals surface area contributed by atoms with Crippen LogP contribution in [0.5, 0.6) is 0 Å². The Bertz CT molecular complexity index is 493. The predicted octanol–water partition coefficient (Wildman–Crippen LogP) is 2.27. The molecule has 0 saturated carbocycles. The molecule has 5 nitrogen and oxygen atoms in total. The third-order valence-electron chi connectivity index (χ3n) is 4.30. The second-order valence-electron chi connectivity index (χ2n) is 5.85. The van der Waals surface area contributed by atoms with Gasteiger partial charge in [-0.05, 0) is 30.5 Å². The summed E-state index contributed by atoms with van der Waals surface area (Å²) < 4.78 is 11.5. The number of halogens is 2. The molecule has 0 aromatic heterocycles. The second kappa shape index (κ2) is 11.1. The summed E-state index contributed by atoms with van der Waals surface area (Å²) >= 11 is 3.48. The number of rotatable bonds is 8. The maximum absolute atomic E-state index is 12.0. The highest BCUT2D eigenvalue weighted by Crippen LogP contribution is 2.34. The first-order valence-corrected chi connectivity index (χ1v) is 8.76. The number of nitrogens with one attached hydrogen (secondary N) is 2. The maximum Gasteiger partial charge on any atom is 0.233 e. The number of methoxy groups -OCH3 is 1. The SMILES string of the molecule is COCCNCC(=O)NCC1(c2ccc(Br)cc2)CCOCC1.Cl. The highest BCUT2D eigenvalue weighted by Gasteiger charge is 2.34. The van der Waals surface area contributed by atoms with Gasteiger partial charge in [0.1, 0.15) is 0 Å². The maximum atomic E-state index is 12.0. The molecule has 24 heavy (non-hydrogen) atoms. The van der Waals surface area contributed by atoms with Gasteiger partial charge in [-0.25, -0.2) is 0 Å². The van der Waals surface area contributed by atoms with E-state index in [0.29, 0.717) is 26.2 Å². The smallest absolute Gasteiger partial charge is 0.233 e. The third kappa shape index (κ3) is 6.33. The molecule has 0 spiro atoms. The van der Waals surface area contributed by atoms with Crippen molar-refractivity contribution in [3.8, 4) is 0 Å². The quantitative estimate of drug-likeness (QED) is 0.632. The van der Waals surface area contributed by atoms with E-state index >= 15 is 0 Å². The normalized spacial score (nSPS) is 16.2. The highest BCUT2D eigenvalue weighted by molar-refractivity contribution is 9.10. The van der Waals surface area contributed by atoms with Gasteiger partial charge in [0.15, 0.2) is 0 Å². The molecule has 0 aliphatic carbocycles. The van der Waals surface area contributed by atoms with Crippen molar-refractivity contribution in [2.24, 2.45) is 0 Å². The van der Waals surface area contributed by atoms with Crippen LogP contribution in [0.25, 0.3) is 0 Å². The first-order valence-electron chi connectivity index (χ1n) is 7.96. The van der Waals surface area contributed by atoms with Crippen LogP contribution in [-0.2, 0) is 19.7 Å². The molecular formula is C17H26BrClN2O3. The zero-order chi connectivity index (χ0) is 16.5. The van der Waals surface area contributed by atoms with Crippen LogP contribution < -0.4 is 10.6 Å². The summed E-state index contributed by atoms with van der Waals surface area (Å²) in [4.78, 5) is 12.0. The van der Waals surface area contributed by atoms with Crippen LogP contribution in [0.3, 0.4) is 0 Å². The number of hydrogen-bond donors (Lipinski definition) is 2. The minimum Gasteiger partial charge on any atom is -0.383 e. The van der Waals surface area contributed by atoms with E-state index in [-0.39, 0.29) is 23.7 Å². The van der Waals surface area contributed by atoms with Gasteiger partial charge in [-0.15, -0.1) is 12.4 Å². The molecule has 136 valence electrons. The molecule has 1 aliphatic heterocycles. The lowest BCUT2D eigenvalue weighted by molar-refractivity contribution is -0.120. The number of benzene rings is 1. The molecule has 0 atom stereocenters. The molecule has 1 aliphatic rings. The van der Waals surface area contributed by atoms with E-state index in [1.54, 1.807) is 7.11 Å². The number of ether oxygens (including phenoxy) is 2. The Labute approximate surface area is 158 Å². The van der Waals surface area contributed by atoms with Gasteiger partial charge in [0.05, 0.1) is 13.2 Å². The number of carbonyl (C=O) groups is 1. The van der Waals surface area contributed by atoms with E-state index in [9.17, 15) is 4.79 Å². The van der Waals surface area contributed by atoms with Gasteiger partial charge >= 0.3 is 0 Å². The van der Waals surface area contributed by atoms with Crippen LogP contribution in [-0.4, -0.2) is 52.5 Å². The Morgan fingerprint density at radius 1 is 1.29 bits per heavy atom. The minimum absolute atomic E-state index is 0. The van der Waals surface area contributed by atoms with E-state index in [2.05, 4.69) is 50.8 Å². The summed E-state index contributed by atoms with van der Waals surface area (Å²) in [6.45, 7) is 3.71. The average molecular weight is 422 g/mol. The Kier molecular flexibility index (Phi) is 9.85. The fraction of sp³-hybridized carbons (Fsp3) is 0.588. The molecule has 1 saturated heterocycles.